The molecule has 9 heteroatoms. The SMILES string of the molecule is COc1ccc(CN2CCC(Nc3ccc(C(F)(F)F)nn3)CC2)cc1F. The number of hydrogen-bond acceptors (Lipinski definition) is 5. The van der Waals surface area contributed by atoms with Crippen molar-refractivity contribution < 1.29 is 22.3 Å². The minimum absolute atomic E-state index is 0.111. The summed E-state index contributed by atoms with van der Waals surface area (Å²) in [6.45, 7) is 2.21. The van der Waals surface area contributed by atoms with Gasteiger partial charge in [-0.15, -0.1) is 10.2 Å². The van der Waals surface area contributed by atoms with Crippen molar-refractivity contribution in [3.63, 3.8) is 0 Å². The Hall–Kier alpha value is -2.42. The van der Waals surface area contributed by atoms with Crippen molar-refractivity contribution in [2.45, 2.75) is 31.6 Å². The van der Waals surface area contributed by atoms with Crippen LogP contribution in [0.5, 0.6) is 5.75 Å². The quantitative estimate of drug-likeness (QED) is 0.797. The van der Waals surface area contributed by atoms with Crippen LogP contribution in [0.15, 0.2) is 30.3 Å². The number of nitrogens with one attached hydrogen (secondary N) is 1. The summed E-state index contributed by atoms with van der Waals surface area (Å²) in [5, 5.41) is 9.94. The summed E-state index contributed by atoms with van der Waals surface area (Å²) in [6, 6.07) is 7.25. The second kappa shape index (κ2) is 8.08. The molecule has 1 aromatic heterocycles. The molecule has 2 aromatic rings. The standard InChI is InChI=1S/C18H20F4N4O/c1-27-15-3-2-12(10-14(15)19)11-26-8-6-13(7-9-26)23-17-5-4-16(24-25-17)18(20,21)22/h2-5,10,13H,6-9,11H2,1H3,(H,23,25). The van der Waals surface area contributed by atoms with Gasteiger partial charge in [0.1, 0.15) is 5.82 Å². The monoisotopic (exact) mass is 384 g/mol. The first-order valence-corrected chi connectivity index (χ1v) is 8.57. The largest absolute Gasteiger partial charge is 0.494 e. The number of rotatable bonds is 5. The predicted octanol–water partition coefficient (Wildman–Crippen LogP) is 3.72. The molecule has 0 unspecified atom stereocenters. The molecule has 1 N–H and O–H groups in total. The lowest BCUT2D eigenvalue weighted by Crippen LogP contribution is -2.38. The van der Waals surface area contributed by atoms with Crippen LogP contribution in [0.4, 0.5) is 23.4 Å². The van der Waals surface area contributed by atoms with Crippen LogP contribution < -0.4 is 10.1 Å². The molecule has 1 aromatic carbocycles. The number of methoxy groups -OCH3 is 1. The first kappa shape index (κ1) is 19.3. The number of piperidine rings is 1. The molecule has 3 rings (SSSR count). The van der Waals surface area contributed by atoms with E-state index in [1.807, 2.05) is 6.07 Å². The molecule has 0 radical (unpaired) electrons. The minimum atomic E-state index is -4.49. The first-order chi connectivity index (χ1) is 12.8. The van der Waals surface area contributed by atoms with Gasteiger partial charge in [0.15, 0.2) is 17.3 Å². The molecule has 1 saturated heterocycles. The third kappa shape index (κ3) is 5.06. The van der Waals surface area contributed by atoms with Gasteiger partial charge in [0, 0.05) is 25.7 Å². The zero-order valence-electron chi connectivity index (χ0n) is 14.8. The van der Waals surface area contributed by atoms with Crippen LogP contribution in [0.25, 0.3) is 0 Å². The van der Waals surface area contributed by atoms with Crippen molar-refractivity contribution in [3.8, 4) is 5.75 Å². The molecule has 0 aliphatic carbocycles. The second-order valence-corrected chi connectivity index (χ2v) is 6.47. The van der Waals surface area contributed by atoms with Crippen LogP contribution >= 0.6 is 0 Å². The van der Waals surface area contributed by atoms with E-state index in [0.29, 0.717) is 12.4 Å². The van der Waals surface area contributed by atoms with E-state index in [1.165, 1.54) is 19.2 Å². The molecule has 1 fully saturated rings. The lowest BCUT2D eigenvalue weighted by atomic mass is 10.0. The topological polar surface area (TPSA) is 50.3 Å². The number of benzene rings is 1. The van der Waals surface area contributed by atoms with E-state index in [-0.39, 0.29) is 17.6 Å². The smallest absolute Gasteiger partial charge is 0.435 e. The van der Waals surface area contributed by atoms with Crippen molar-refractivity contribution in [3.05, 3.63) is 47.4 Å². The Labute approximate surface area is 154 Å². The lowest BCUT2D eigenvalue weighted by molar-refractivity contribution is -0.141. The molecule has 0 spiro atoms. The first-order valence-electron chi connectivity index (χ1n) is 8.57. The predicted molar refractivity (Wildman–Crippen MR) is 91.9 cm³/mol. The van der Waals surface area contributed by atoms with Gasteiger partial charge in [-0.25, -0.2) is 4.39 Å². The summed E-state index contributed by atoms with van der Waals surface area (Å²) in [7, 11) is 1.43. The van der Waals surface area contributed by atoms with Crippen molar-refractivity contribution in [1.82, 2.24) is 15.1 Å². The summed E-state index contributed by atoms with van der Waals surface area (Å²) >= 11 is 0. The molecule has 0 bridgehead atoms. The van der Waals surface area contributed by atoms with Crippen LogP contribution in [-0.4, -0.2) is 41.3 Å². The fourth-order valence-electron chi connectivity index (χ4n) is 3.07. The average molecular weight is 384 g/mol. The Morgan fingerprint density at radius 2 is 1.89 bits per heavy atom. The normalized spacial score (nSPS) is 16.3. The number of aromatic nitrogens is 2. The minimum Gasteiger partial charge on any atom is -0.494 e. The van der Waals surface area contributed by atoms with Crippen molar-refractivity contribution in [2.75, 3.05) is 25.5 Å². The average Bonchev–Trinajstić information content (AvgIpc) is 2.63. The van der Waals surface area contributed by atoms with Crippen LogP contribution in [0.1, 0.15) is 24.1 Å². The van der Waals surface area contributed by atoms with Gasteiger partial charge in [0.05, 0.1) is 7.11 Å². The van der Waals surface area contributed by atoms with Gasteiger partial charge >= 0.3 is 6.18 Å². The van der Waals surface area contributed by atoms with Gasteiger partial charge in [-0.1, -0.05) is 6.07 Å². The van der Waals surface area contributed by atoms with E-state index in [2.05, 4.69) is 20.4 Å². The molecular weight excluding hydrogens is 364 g/mol. The zero-order chi connectivity index (χ0) is 19.4. The molecular formula is C18H20F4N4O. The summed E-state index contributed by atoms with van der Waals surface area (Å²) in [6.07, 6.45) is -2.87. The molecule has 146 valence electrons. The van der Waals surface area contributed by atoms with E-state index in [9.17, 15) is 17.6 Å². The van der Waals surface area contributed by atoms with Crippen LogP contribution in [0, 0.1) is 5.82 Å². The second-order valence-electron chi connectivity index (χ2n) is 6.47. The fourth-order valence-corrected chi connectivity index (χ4v) is 3.07. The van der Waals surface area contributed by atoms with E-state index < -0.39 is 11.9 Å². The van der Waals surface area contributed by atoms with Crippen molar-refractivity contribution in [2.24, 2.45) is 0 Å². The van der Waals surface area contributed by atoms with E-state index >= 15 is 0 Å². The maximum absolute atomic E-state index is 13.8. The molecule has 0 amide bonds. The van der Waals surface area contributed by atoms with Crippen LogP contribution in [0.2, 0.25) is 0 Å². The Kier molecular flexibility index (Phi) is 5.79. The fraction of sp³-hybridized carbons (Fsp3) is 0.444. The highest BCUT2D eigenvalue weighted by Gasteiger charge is 2.33. The molecule has 1 aliphatic heterocycles. The van der Waals surface area contributed by atoms with Gasteiger partial charge in [0.25, 0.3) is 0 Å². The molecule has 2 heterocycles. The van der Waals surface area contributed by atoms with E-state index in [4.69, 9.17) is 4.74 Å². The molecule has 1 aliphatic rings. The highest BCUT2D eigenvalue weighted by atomic mass is 19.4. The summed E-state index contributed by atoms with van der Waals surface area (Å²) < 4.78 is 56.2. The molecule has 0 saturated carbocycles. The number of hydrogen-bond donors (Lipinski definition) is 1. The van der Waals surface area contributed by atoms with Gasteiger partial charge in [-0.3, -0.25) is 4.90 Å². The highest BCUT2D eigenvalue weighted by molar-refractivity contribution is 5.35. The number of nitrogens with zero attached hydrogens (tertiary/aromatic N) is 3. The molecule has 27 heavy (non-hydrogen) atoms. The highest BCUT2D eigenvalue weighted by Crippen LogP contribution is 2.27. The maximum Gasteiger partial charge on any atom is 0.435 e. The zero-order valence-corrected chi connectivity index (χ0v) is 14.8. The van der Waals surface area contributed by atoms with Crippen LogP contribution in [0.3, 0.4) is 0 Å². The number of likely N-dealkylation sites (tertiary alicyclic amines) is 1. The summed E-state index contributed by atoms with van der Waals surface area (Å²) in [5.74, 6) is 0.172. The number of anilines is 1. The van der Waals surface area contributed by atoms with Crippen molar-refractivity contribution in [1.29, 1.82) is 0 Å². The summed E-state index contributed by atoms with van der Waals surface area (Å²) in [4.78, 5) is 2.21. The van der Waals surface area contributed by atoms with Gasteiger partial charge in [-0.05, 0) is 42.7 Å². The summed E-state index contributed by atoms with van der Waals surface area (Å²) in [5.41, 5.74) is -0.136. The maximum atomic E-state index is 13.8. The number of halogens is 4. The molecule has 0 atom stereocenters. The third-order valence-electron chi connectivity index (χ3n) is 4.52. The van der Waals surface area contributed by atoms with E-state index in [0.717, 1.165) is 37.6 Å². The van der Waals surface area contributed by atoms with Gasteiger partial charge in [-0.2, -0.15) is 13.2 Å². The van der Waals surface area contributed by atoms with Crippen molar-refractivity contribution >= 4 is 5.82 Å². The Balaban J connectivity index is 1.49. The molecule has 5 nitrogen and oxygen atoms in total. The Bertz CT molecular complexity index is 759. The number of alkyl halides is 3. The number of ether oxygens (including phenoxy) is 1. The van der Waals surface area contributed by atoms with Gasteiger partial charge < -0.3 is 10.1 Å². The Morgan fingerprint density at radius 3 is 2.44 bits per heavy atom. The Morgan fingerprint density at radius 1 is 1.15 bits per heavy atom. The van der Waals surface area contributed by atoms with Gasteiger partial charge in [0.2, 0.25) is 0 Å². The third-order valence-corrected chi connectivity index (χ3v) is 4.52. The van der Waals surface area contributed by atoms with E-state index in [1.54, 1.807) is 6.07 Å². The lowest BCUT2D eigenvalue weighted by Gasteiger charge is -2.32. The van der Waals surface area contributed by atoms with Crippen LogP contribution in [-0.2, 0) is 12.7 Å².